The van der Waals surface area contributed by atoms with Crippen LogP contribution in [0.25, 0.3) is 93.6 Å². The highest BCUT2D eigenvalue weighted by atomic mass is 15.0. The lowest BCUT2D eigenvalue weighted by atomic mass is 9.83. The molecule has 2 aromatic heterocycles. The van der Waals surface area contributed by atoms with Crippen LogP contribution in [0.5, 0.6) is 0 Å². The van der Waals surface area contributed by atoms with Gasteiger partial charge in [0.05, 0.1) is 16.6 Å². The second kappa shape index (κ2) is 10.8. The molecular formula is C51H34N2. The number of fused-ring (bicyclic) bond motifs is 16. The molecule has 0 fully saturated rings. The monoisotopic (exact) mass is 674 g/mol. The Morgan fingerprint density at radius 2 is 1.25 bits per heavy atom. The molecule has 0 atom stereocenters. The van der Waals surface area contributed by atoms with Gasteiger partial charge in [-0.15, -0.1) is 0 Å². The van der Waals surface area contributed by atoms with Crippen LogP contribution in [-0.2, 0) is 19.3 Å². The summed E-state index contributed by atoms with van der Waals surface area (Å²) in [6.45, 7) is 2.30. The Labute approximate surface area is 307 Å². The number of imidazole rings is 1. The van der Waals surface area contributed by atoms with Crippen molar-refractivity contribution in [1.29, 1.82) is 0 Å². The molecule has 0 radical (unpaired) electrons. The third-order valence-electron chi connectivity index (χ3n) is 12.2. The van der Waals surface area contributed by atoms with Crippen molar-refractivity contribution in [3.05, 3.63) is 179 Å². The molecule has 2 aliphatic carbocycles. The van der Waals surface area contributed by atoms with Crippen molar-refractivity contribution >= 4 is 49.1 Å². The predicted molar refractivity (Wildman–Crippen MR) is 222 cm³/mol. The molecule has 248 valence electrons. The molecule has 2 aliphatic rings. The highest BCUT2D eigenvalue weighted by Crippen LogP contribution is 2.52. The van der Waals surface area contributed by atoms with Crippen molar-refractivity contribution in [2.24, 2.45) is 0 Å². The fourth-order valence-electron chi connectivity index (χ4n) is 9.88. The van der Waals surface area contributed by atoms with Crippen molar-refractivity contribution < 1.29 is 0 Å². The minimum atomic E-state index is 0.935. The standard InChI is InChI=1S/C51H34N2/c1-2-30-19-20-35-27-32-12-4-7-15-37(32)48(35)47(30)42-26-25-39(49-38-16-8-5-13-33(38)28-43(42)49)34-22-23-40-41-24-21-31-11-3-6-14-36(31)50(41)51-52-44-17-9-10-18-45(44)53(51)46(40)29-34/h3-26,29H,2,27-28H2,1H3. The normalized spacial score (nSPS) is 12.9. The number of aryl methyl sites for hydroxylation is 1. The van der Waals surface area contributed by atoms with Crippen molar-refractivity contribution in [2.75, 3.05) is 0 Å². The summed E-state index contributed by atoms with van der Waals surface area (Å²) >= 11 is 0. The first-order valence-electron chi connectivity index (χ1n) is 18.9. The summed E-state index contributed by atoms with van der Waals surface area (Å²) in [4.78, 5) is 5.30. The molecule has 0 amide bonds. The third kappa shape index (κ3) is 3.96. The average Bonchev–Trinajstić information content (AvgIpc) is 3.92. The lowest BCUT2D eigenvalue weighted by Crippen LogP contribution is -1.98. The van der Waals surface area contributed by atoms with E-state index in [1.54, 1.807) is 0 Å². The second-order valence-corrected chi connectivity index (χ2v) is 14.9. The maximum absolute atomic E-state index is 5.30. The maximum Gasteiger partial charge on any atom is 0.147 e. The molecule has 12 rings (SSSR count). The van der Waals surface area contributed by atoms with E-state index in [0.717, 1.165) is 35.9 Å². The average molecular weight is 675 g/mol. The maximum atomic E-state index is 5.30. The summed E-state index contributed by atoms with van der Waals surface area (Å²) in [5, 5.41) is 6.16. The van der Waals surface area contributed by atoms with Crippen LogP contribution in [0.3, 0.4) is 0 Å². The smallest absolute Gasteiger partial charge is 0.147 e. The van der Waals surface area contributed by atoms with Gasteiger partial charge in [0.2, 0.25) is 0 Å². The summed E-state index contributed by atoms with van der Waals surface area (Å²) in [7, 11) is 0. The molecule has 53 heavy (non-hydrogen) atoms. The van der Waals surface area contributed by atoms with Crippen LogP contribution in [0, 0.1) is 0 Å². The summed E-state index contributed by atoms with van der Waals surface area (Å²) < 4.78 is 2.41. The largest absolute Gasteiger partial charge is 0.292 e. The van der Waals surface area contributed by atoms with Gasteiger partial charge in [-0.3, -0.25) is 4.40 Å². The Bertz CT molecular complexity index is 3210. The molecule has 0 unspecified atom stereocenters. The number of pyridine rings is 1. The molecule has 0 saturated heterocycles. The first-order chi connectivity index (χ1) is 26.2. The van der Waals surface area contributed by atoms with Gasteiger partial charge in [0.25, 0.3) is 0 Å². The zero-order valence-electron chi connectivity index (χ0n) is 29.4. The molecule has 0 spiro atoms. The minimum Gasteiger partial charge on any atom is -0.292 e. The van der Waals surface area contributed by atoms with E-state index in [1.807, 2.05) is 0 Å². The van der Waals surface area contributed by atoms with Crippen LogP contribution in [0.4, 0.5) is 0 Å². The second-order valence-electron chi connectivity index (χ2n) is 14.9. The van der Waals surface area contributed by atoms with Gasteiger partial charge < -0.3 is 0 Å². The molecule has 2 heteroatoms. The van der Waals surface area contributed by atoms with Crippen LogP contribution in [0.15, 0.2) is 152 Å². The molecular weight excluding hydrogens is 641 g/mol. The molecule has 2 heterocycles. The number of rotatable bonds is 3. The van der Waals surface area contributed by atoms with Gasteiger partial charge in [-0.2, -0.15) is 0 Å². The Morgan fingerprint density at radius 1 is 0.509 bits per heavy atom. The number of nitrogens with zero attached hydrogens (tertiary/aromatic N) is 2. The van der Waals surface area contributed by atoms with E-state index in [2.05, 4.69) is 163 Å². The lowest BCUT2D eigenvalue weighted by molar-refractivity contribution is 1.13. The van der Waals surface area contributed by atoms with E-state index in [-0.39, 0.29) is 0 Å². The van der Waals surface area contributed by atoms with E-state index in [0.29, 0.717) is 0 Å². The van der Waals surface area contributed by atoms with E-state index >= 15 is 0 Å². The quantitative estimate of drug-likeness (QED) is 0.171. The molecule has 0 aliphatic heterocycles. The van der Waals surface area contributed by atoms with Gasteiger partial charge in [-0.05, 0) is 126 Å². The summed E-state index contributed by atoms with van der Waals surface area (Å²) in [5.74, 6) is 0. The Morgan fingerprint density at radius 3 is 2.13 bits per heavy atom. The molecule has 0 N–H and O–H groups in total. The van der Waals surface area contributed by atoms with Crippen molar-refractivity contribution in [3.63, 3.8) is 0 Å². The van der Waals surface area contributed by atoms with Crippen LogP contribution in [0.2, 0.25) is 0 Å². The molecule has 0 bridgehead atoms. The summed E-state index contributed by atoms with van der Waals surface area (Å²) in [6.07, 6.45) is 2.93. The number of aromatic nitrogens is 2. The van der Waals surface area contributed by atoms with E-state index in [4.69, 9.17) is 4.98 Å². The number of hydrogen-bond donors (Lipinski definition) is 0. The van der Waals surface area contributed by atoms with E-state index in [9.17, 15) is 0 Å². The molecule has 8 aromatic carbocycles. The van der Waals surface area contributed by atoms with Gasteiger partial charge in [0.15, 0.2) is 0 Å². The number of hydrogen-bond acceptors (Lipinski definition) is 1. The summed E-state index contributed by atoms with van der Waals surface area (Å²) in [5.41, 5.74) is 22.4. The van der Waals surface area contributed by atoms with Gasteiger partial charge in [-0.25, -0.2) is 4.98 Å². The van der Waals surface area contributed by atoms with E-state index < -0.39 is 0 Å². The van der Waals surface area contributed by atoms with Gasteiger partial charge in [0.1, 0.15) is 5.65 Å². The predicted octanol–water partition coefficient (Wildman–Crippen LogP) is 13.0. The zero-order valence-corrected chi connectivity index (χ0v) is 29.4. The van der Waals surface area contributed by atoms with Crippen molar-refractivity contribution in [3.8, 4) is 44.5 Å². The van der Waals surface area contributed by atoms with Gasteiger partial charge in [0, 0.05) is 10.8 Å². The van der Waals surface area contributed by atoms with Crippen LogP contribution in [-0.4, -0.2) is 9.38 Å². The molecule has 0 saturated carbocycles. The van der Waals surface area contributed by atoms with Crippen LogP contribution in [0.1, 0.15) is 34.7 Å². The topological polar surface area (TPSA) is 17.3 Å². The Balaban J connectivity index is 1.16. The fourth-order valence-corrected chi connectivity index (χ4v) is 9.88. The number of para-hydroxylation sites is 2. The van der Waals surface area contributed by atoms with Crippen molar-refractivity contribution in [2.45, 2.75) is 26.2 Å². The van der Waals surface area contributed by atoms with Crippen LogP contribution >= 0.6 is 0 Å². The summed E-state index contributed by atoms with van der Waals surface area (Å²) in [6, 6.07) is 56.7. The highest BCUT2D eigenvalue weighted by molar-refractivity contribution is 6.23. The number of benzene rings is 8. The van der Waals surface area contributed by atoms with E-state index in [1.165, 1.54) is 105 Å². The van der Waals surface area contributed by atoms with Gasteiger partial charge >= 0.3 is 0 Å². The third-order valence-corrected chi connectivity index (χ3v) is 12.2. The molecule has 10 aromatic rings. The minimum absolute atomic E-state index is 0.935. The molecule has 2 nitrogen and oxygen atoms in total. The van der Waals surface area contributed by atoms with Gasteiger partial charge in [-0.1, -0.05) is 140 Å². The lowest BCUT2D eigenvalue weighted by Gasteiger charge is -2.20. The Kier molecular flexibility index (Phi) is 5.91. The Hall–Kier alpha value is -6.51. The SMILES string of the molecule is CCc1ccc2c(c1-c1ccc(-c3ccc4c5ccc6ccccc6c5c5nc6ccccc6n5c4c3)c3c1Cc1ccccc1-3)-c1ccccc1C2. The first kappa shape index (κ1) is 29.1. The van der Waals surface area contributed by atoms with Crippen molar-refractivity contribution in [1.82, 2.24) is 9.38 Å². The highest BCUT2D eigenvalue weighted by Gasteiger charge is 2.30. The zero-order chi connectivity index (χ0) is 34.8. The van der Waals surface area contributed by atoms with Crippen LogP contribution < -0.4 is 0 Å². The fraction of sp³-hybridized carbons (Fsp3) is 0.0784. The first-order valence-corrected chi connectivity index (χ1v) is 18.9.